The molecule has 0 fully saturated rings. The van der Waals surface area contributed by atoms with E-state index < -0.39 is 0 Å². The van der Waals surface area contributed by atoms with Crippen LogP contribution in [0.15, 0.2) is 40.1 Å². The summed E-state index contributed by atoms with van der Waals surface area (Å²) in [6.07, 6.45) is 1.82. The molecule has 2 aromatic heterocycles. The van der Waals surface area contributed by atoms with Crippen molar-refractivity contribution in [2.24, 2.45) is 5.10 Å². The second kappa shape index (κ2) is 7.59. The van der Waals surface area contributed by atoms with Crippen molar-refractivity contribution in [3.63, 3.8) is 0 Å². The Balaban J connectivity index is 1.82. The van der Waals surface area contributed by atoms with Crippen LogP contribution in [0.5, 0.6) is 0 Å². The summed E-state index contributed by atoms with van der Waals surface area (Å²) in [5.74, 6) is 0.0720. The Morgan fingerprint density at radius 3 is 2.75 bits per heavy atom. The summed E-state index contributed by atoms with van der Waals surface area (Å²) in [5.41, 5.74) is 1.02. The predicted octanol–water partition coefficient (Wildman–Crippen LogP) is 4.22. The van der Waals surface area contributed by atoms with Crippen LogP contribution < -0.4 is 0 Å². The number of hydrogen-bond acceptors (Lipinski definition) is 5. The van der Waals surface area contributed by atoms with E-state index in [1.54, 1.807) is 27.7 Å². The smallest absolute Gasteiger partial charge is 0.257 e. The van der Waals surface area contributed by atoms with Crippen LogP contribution in [-0.2, 0) is 4.79 Å². The highest BCUT2D eigenvalue weighted by Crippen LogP contribution is 2.35. The Morgan fingerprint density at radius 2 is 2.12 bits per heavy atom. The van der Waals surface area contributed by atoms with Crippen molar-refractivity contribution >= 4 is 34.3 Å². The quantitative estimate of drug-likeness (QED) is 0.772. The zero-order chi connectivity index (χ0) is 17.1. The molecule has 2 unspecified atom stereocenters. The first-order valence-corrected chi connectivity index (χ1v) is 10.0. The third-order valence-electron chi connectivity index (χ3n) is 4.57. The van der Waals surface area contributed by atoms with Gasteiger partial charge in [0.1, 0.15) is 0 Å². The molecule has 0 aliphatic carbocycles. The van der Waals surface area contributed by atoms with Gasteiger partial charge in [-0.15, -0.1) is 22.7 Å². The Morgan fingerprint density at radius 1 is 1.38 bits per heavy atom. The van der Waals surface area contributed by atoms with Crippen molar-refractivity contribution in [2.45, 2.75) is 38.8 Å². The molecule has 128 valence electrons. The van der Waals surface area contributed by atoms with E-state index in [9.17, 15) is 4.79 Å². The molecule has 1 amide bonds. The van der Waals surface area contributed by atoms with Gasteiger partial charge in [-0.1, -0.05) is 19.1 Å². The van der Waals surface area contributed by atoms with Crippen molar-refractivity contribution in [3.8, 4) is 0 Å². The lowest BCUT2D eigenvalue weighted by atomic mass is 10.1. The van der Waals surface area contributed by atoms with E-state index in [4.69, 9.17) is 5.10 Å². The molecule has 0 saturated carbocycles. The third kappa shape index (κ3) is 3.61. The Labute approximate surface area is 151 Å². The van der Waals surface area contributed by atoms with Gasteiger partial charge in [-0.2, -0.15) is 5.10 Å². The zero-order valence-corrected chi connectivity index (χ0v) is 15.9. The lowest BCUT2D eigenvalue weighted by Crippen LogP contribution is -2.39. The highest BCUT2D eigenvalue weighted by atomic mass is 32.1. The number of amides is 1. The van der Waals surface area contributed by atoms with Crippen LogP contribution in [0, 0.1) is 0 Å². The Bertz CT molecular complexity index is 694. The molecular weight excluding hydrogens is 338 g/mol. The normalized spacial score (nSPS) is 18.9. The maximum absolute atomic E-state index is 12.9. The molecule has 1 aliphatic rings. The minimum atomic E-state index is 0.0277. The van der Waals surface area contributed by atoms with Crippen LogP contribution in [0.25, 0.3) is 0 Å². The fraction of sp³-hybridized carbons (Fsp3) is 0.444. The average molecular weight is 362 g/mol. The maximum Gasteiger partial charge on any atom is 0.257 e. The van der Waals surface area contributed by atoms with Crippen LogP contribution in [0.3, 0.4) is 0 Å². The number of hydrogen-bond donors (Lipinski definition) is 0. The van der Waals surface area contributed by atoms with Gasteiger partial charge in [0.15, 0.2) is 0 Å². The number of likely N-dealkylation sites (N-methyl/N-ethyl adjacent to an activating group) is 1. The molecule has 0 radical (unpaired) electrons. The van der Waals surface area contributed by atoms with Gasteiger partial charge in [-0.3, -0.25) is 9.69 Å². The number of thiophene rings is 2. The number of nitrogens with zero attached hydrogens (tertiary/aromatic N) is 3. The lowest BCUT2D eigenvalue weighted by molar-refractivity contribution is -0.134. The van der Waals surface area contributed by atoms with E-state index in [0.717, 1.165) is 23.4 Å². The summed E-state index contributed by atoms with van der Waals surface area (Å²) in [6, 6.07) is 8.66. The van der Waals surface area contributed by atoms with Gasteiger partial charge in [0, 0.05) is 17.3 Å². The zero-order valence-electron chi connectivity index (χ0n) is 14.3. The molecule has 2 atom stereocenters. The monoisotopic (exact) mass is 361 g/mol. The van der Waals surface area contributed by atoms with E-state index in [-0.39, 0.29) is 11.9 Å². The first kappa shape index (κ1) is 17.3. The van der Waals surface area contributed by atoms with E-state index in [1.165, 1.54) is 4.88 Å². The summed E-state index contributed by atoms with van der Waals surface area (Å²) in [5, 5.41) is 10.5. The molecule has 0 spiro atoms. The SMILES string of the molecule is CCC(C)N(C)CC(=O)N1N=C(c2cccs2)CC1c1cccs1. The molecular formula is C18H23N3OS2. The molecule has 24 heavy (non-hydrogen) atoms. The van der Waals surface area contributed by atoms with Gasteiger partial charge < -0.3 is 0 Å². The first-order valence-electron chi connectivity index (χ1n) is 8.27. The molecule has 0 bridgehead atoms. The maximum atomic E-state index is 12.9. The molecule has 2 aromatic rings. The number of carbonyl (C=O) groups excluding carboxylic acids is 1. The summed E-state index contributed by atoms with van der Waals surface area (Å²) in [7, 11) is 2.01. The largest absolute Gasteiger partial charge is 0.295 e. The summed E-state index contributed by atoms with van der Waals surface area (Å²) >= 11 is 3.37. The highest BCUT2D eigenvalue weighted by molar-refractivity contribution is 7.12. The van der Waals surface area contributed by atoms with Crippen molar-refractivity contribution in [2.75, 3.05) is 13.6 Å². The van der Waals surface area contributed by atoms with Gasteiger partial charge >= 0.3 is 0 Å². The van der Waals surface area contributed by atoms with Crippen LogP contribution >= 0.6 is 22.7 Å². The molecule has 4 nitrogen and oxygen atoms in total. The minimum absolute atomic E-state index is 0.0277. The minimum Gasteiger partial charge on any atom is -0.295 e. The Hall–Kier alpha value is -1.50. The van der Waals surface area contributed by atoms with Crippen molar-refractivity contribution in [1.29, 1.82) is 0 Å². The van der Waals surface area contributed by atoms with Crippen molar-refractivity contribution in [3.05, 3.63) is 44.8 Å². The first-order chi connectivity index (χ1) is 11.6. The highest BCUT2D eigenvalue weighted by Gasteiger charge is 2.34. The van der Waals surface area contributed by atoms with Gasteiger partial charge in [-0.05, 0) is 43.3 Å². The van der Waals surface area contributed by atoms with Gasteiger partial charge in [0.2, 0.25) is 0 Å². The topological polar surface area (TPSA) is 35.9 Å². The van der Waals surface area contributed by atoms with Crippen molar-refractivity contribution < 1.29 is 4.79 Å². The van der Waals surface area contributed by atoms with E-state index in [0.29, 0.717) is 12.6 Å². The van der Waals surface area contributed by atoms with Crippen LogP contribution in [0.2, 0.25) is 0 Å². The molecule has 6 heteroatoms. The average Bonchev–Trinajstić information content (AvgIpc) is 3.33. The Kier molecular flexibility index (Phi) is 5.48. The molecule has 1 aliphatic heterocycles. The van der Waals surface area contributed by atoms with Gasteiger partial charge in [0.05, 0.1) is 23.2 Å². The summed E-state index contributed by atoms with van der Waals surface area (Å²) in [6.45, 7) is 4.69. The van der Waals surface area contributed by atoms with E-state index in [1.807, 2.05) is 19.2 Å². The fourth-order valence-electron chi connectivity index (χ4n) is 2.79. The summed E-state index contributed by atoms with van der Waals surface area (Å²) in [4.78, 5) is 17.3. The number of carbonyl (C=O) groups is 1. The number of rotatable bonds is 6. The van der Waals surface area contributed by atoms with Crippen molar-refractivity contribution in [1.82, 2.24) is 9.91 Å². The molecule has 3 heterocycles. The molecule has 0 aromatic carbocycles. The standard InChI is InChI=1S/C18H23N3OS2/c1-4-13(2)20(3)12-18(22)21-15(17-8-6-10-24-17)11-14(19-21)16-7-5-9-23-16/h5-10,13,15H,4,11-12H2,1-3H3. The van der Waals surface area contributed by atoms with Crippen LogP contribution in [-0.4, -0.2) is 41.2 Å². The van der Waals surface area contributed by atoms with E-state index in [2.05, 4.69) is 41.6 Å². The second-order valence-corrected chi connectivity index (χ2v) is 8.10. The van der Waals surface area contributed by atoms with Crippen LogP contribution in [0.4, 0.5) is 0 Å². The molecule has 0 saturated heterocycles. The lowest BCUT2D eigenvalue weighted by Gasteiger charge is -2.26. The molecule has 0 N–H and O–H groups in total. The fourth-order valence-corrected chi connectivity index (χ4v) is 4.32. The van der Waals surface area contributed by atoms with E-state index >= 15 is 0 Å². The third-order valence-corrected chi connectivity index (χ3v) is 6.46. The van der Waals surface area contributed by atoms with Gasteiger partial charge in [-0.25, -0.2) is 5.01 Å². The number of hydrazone groups is 1. The second-order valence-electron chi connectivity index (χ2n) is 6.17. The van der Waals surface area contributed by atoms with Crippen LogP contribution in [0.1, 0.15) is 42.5 Å². The molecule has 3 rings (SSSR count). The summed E-state index contributed by atoms with van der Waals surface area (Å²) < 4.78 is 0. The predicted molar refractivity (Wildman–Crippen MR) is 102 cm³/mol. The van der Waals surface area contributed by atoms with Gasteiger partial charge in [0.25, 0.3) is 5.91 Å².